The van der Waals surface area contributed by atoms with Gasteiger partial charge in [-0.3, -0.25) is 19.8 Å². The number of rotatable bonds is 6. The first kappa shape index (κ1) is 21.7. The highest BCUT2D eigenvalue weighted by atomic mass is 35.5. The largest absolute Gasteiger partial charge is 0.504 e. The number of phenolic OH excluding ortho intramolecular Hbond substituents is 2. The molecule has 2 aromatic rings. The third-order valence-electron chi connectivity index (χ3n) is 4.98. The summed E-state index contributed by atoms with van der Waals surface area (Å²) in [5.41, 5.74) is 0.368. The Morgan fingerprint density at radius 3 is 2.36 bits per heavy atom. The van der Waals surface area contributed by atoms with Gasteiger partial charge in [-0.1, -0.05) is 36.8 Å². The lowest BCUT2D eigenvalue weighted by molar-refractivity contribution is -0.386. The fourth-order valence-corrected chi connectivity index (χ4v) is 3.56. The number of halogens is 1. The van der Waals surface area contributed by atoms with Crippen molar-refractivity contribution in [1.29, 1.82) is 0 Å². The number of aromatic hydroxyl groups is 2. The lowest BCUT2D eigenvalue weighted by Crippen LogP contribution is -2.35. The average molecular weight is 407 g/mol. The minimum atomic E-state index is -0.827. The fourth-order valence-electron chi connectivity index (χ4n) is 3.56. The Bertz CT molecular complexity index is 838. The number of likely N-dealkylation sites (tertiary alicyclic amines) is 1. The molecule has 1 fully saturated rings. The minimum Gasteiger partial charge on any atom is -0.504 e. The summed E-state index contributed by atoms with van der Waals surface area (Å²) in [6, 6.07) is 11.7. The minimum absolute atomic E-state index is 0. The highest BCUT2D eigenvalue weighted by molar-refractivity contribution is 5.98. The highest BCUT2D eigenvalue weighted by Crippen LogP contribution is 2.37. The van der Waals surface area contributed by atoms with Crippen LogP contribution in [0.1, 0.15) is 47.6 Å². The summed E-state index contributed by atoms with van der Waals surface area (Å²) in [6.45, 7) is 1.79. The SMILES string of the molecule is Cl.O=C(CC(c1ccccc1)N1CCCCC1)c1cc(O)c(O)c([N+](=O)[O-])c1. The Hall–Kier alpha value is -2.64. The van der Waals surface area contributed by atoms with Crippen molar-refractivity contribution in [2.45, 2.75) is 31.7 Å². The van der Waals surface area contributed by atoms with E-state index in [-0.39, 0.29) is 36.2 Å². The van der Waals surface area contributed by atoms with E-state index in [0.29, 0.717) is 0 Å². The number of benzene rings is 2. The van der Waals surface area contributed by atoms with Gasteiger partial charge >= 0.3 is 5.69 Å². The summed E-state index contributed by atoms with van der Waals surface area (Å²) in [7, 11) is 0. The van der Waals surface area contributed by atoms with Gasteiger partial charge < -0.3 is 10.2 Å². The van der Waals surface area contributed by atoms with Gasteiger partial charge in [0.2, 0.25) is 5.75 Å². The predicted octanol–water partition coefficient (Wildman–Crippen LogP) is 4.23. The molecule has 1 aliphatic rings. The number of hydrogen-bond donors (Lipinski definition) is 2. The molecule has 1 aliphatic heterocycles. The molecule has 0 radical (unpaired) electrons. The third kappa shape index (κ3) is 4.79. The Kier molecular flexibility index (Phi) is 7.37. The van der Waals surface area contributed by atoms with E-state index in [2.05, 4.69) is 4.90 Å². The molecule has 0 spiro atoms. The van der Waals surface area contributed by atoms with Gasteiger partial charge in [0.05, 0.1) is 4.92 Å². The molecule has 0 bridgehead atoms. The van der Waals surface area contributed by atoms with Crippen molar-refractivity contribution < 1.29 is 19.9 Å². The van der Waals surface area contributed by atoms with Crippen LogP contribution in [0.3, 0.4) is 0 Å². The van der Waals surface area contributed by atoms with Crippen LogP contribution in [0.25, 0.3) is 0 Å². The van der Waals surface area contributed by atoms with E-state index in [0.717, 1.165) is 43.6 Å². The maximum atomic E-state index is 12.9. The zero-order chi connectivity index (χ0) is 19.4. The van der Waals surface area contributed by atoms with Crippen molar-refractivity contribution >= 4 is 23.9 Å². The number of ketones is 1. The molecule has 28 heavy (non-hydrogen) atoms. The lowest BCUT2D eigenvalue weighted by Gasteiger charge is -2.34. The lowest BCUT2D eigenvalue weighted by atomic mass is 9.94. The van der Waals surface area contributed by atoms with Gasteiger partial charge in [0.1, 0.15) is 0 Å². The molecular formula is C20H23ClN2O5. The van der Waals surface area contributed by atoms with E-state index < -0.39 is 22.1 Å². The zero-order valence-corrected chi connectivity index (χ0v) is 16.1. The second-order valence-electron chi connectivity index (χ2n) is 6.77. The highest BCUT2D eigenvalue weighted by Gasteiger charge is 2.27. The summed E-state index contributed by atoms with van der Waals surface area (Å²) in [4.78, 5) is 25.4. The maximum absolute atomic E-state index is 12.9. The Labute approximate surface area is 169 Å². The number of piperidine rings is 1. The maximum Gasteiger partial charge on any atom is 0.315 e. The van der Waals surface area contributed by atoms with E-state index >= 15 is 0 Å². The number of nitro groups is 1. The Morgan fingerprint density at radius 2 is 1.75 bits per heavy atom. The topological polar surface area (TPSA) is 104 Å². The molecule has 0 aliphatic carbocycles. The average Bonchev–Trinajstić information content (AvgIpc) is 2.69. The van der Waals surface area contributed by atoms with Crippen molar-refractivity contribution in [2.75, 3.05) is 13.1 Å². The van der Waals surface area contributed by atoms with E-state index in [1.165, 1.54) is 6.42 Å². The smallest absolute Gasteiger partial charge is 0.315 e. The van der Waals surface area contributed by atoms with Crippen LogP contribution in [0.15, 0.2) is 42.5 Å². The normalized spacial score (nSPS) is 15.4. The molecule has 1 saturated heterocycles. The Morgan fingerprint density at radius 1 is 1.11 bits per heavy atom. The van der Waals surface area contributed by atoms with Crippen LogP contribution < -0.4 is 0 Å². The first-order valence-electron chi connectivity index (χ1n) is 9.00. The molecule has 2 aromatic carbocycles. The van der Waals surface area contributed by atoms with Crippen LogP contribution in [0, 0.1) is 10.1 Å². The molecule has 1 atom stereocenters. The second-order valence-corrected chi connectivity index (χ2v) is 6.77. The summed E-state index contributed by atoms with van der Waals surface area (Å²) in [5.74, 6) is -1.80. The molecule has 0 saturated carbocycles. The van der Waals surface area contributed by atoms with E-state index in [1.807, 2.05) is 30.3 Å². The van der Waals surface area contributed by atoms with Crippen LogP contribution in [0.2, 0.25) is 0 Å². The molecule has 7 nitrogen and oxygen atoms in total. The summed E-state index contributed by atoms with van der Waals surface area (Å²) in [6.07, 6.45) is 3.46. The van der Waals surface area contributed by atoms with Crippen molar-refractivity contribution in [3.05, 3.63) is 63.7 Å². The number of Topliss-reactive ketones (excluding diaryl/α,β-unsaturated/α-hetero) is 1. The number of nitrogens with zero attached hydrogens (tertiary/aromatic N) is 2. The third-order valence-corrected chi connectivity index (χ3v) is 4.98. The Balaban J connectivity index is 0.00000280. The van der Waals surface area contributed by atoms with Gasteiger partial charge in [-0.2, -0.15) is 0 Å². The van der Waals surface area contributed by atoms with Gasteiger partial charge in [0.25, 0.3) is 0 Å². The molecular weight excluding hydrogens is 384 g/mol. The molecule has 2 N–H and O–H groups in total. The number of nitro benzene ring substituents is 1. The molecule has 150 valence electrons. The van der Waals surface area contributed by atoms with Crippen molar-refractivity contribution in [1.82, 2.24) is 4.90 Å². The first-order chi connectivity index (χ1) is 13.0. The molecule has 1 unspecified atom stereocenters. The number of carbonyl (C=O) groups excluding carboxylic acids is 1. The van der Waals surface area contributed by atoms with Crippen molar-refractivity contribution in [3.63, 3.8) is 0 Å². The van der Waals surface area contributed by atoms with Crippen LogP contribution >= 0.6 is 12.4 Å². The van der Waals surface area contributed by atoms with Crippen LogP contribution in [-0.4, -0.2) is 38.9 Å². The monoisotopic (exact) mass is 406 g/mol. The van der Waals surface area contributed by atoms with E-state index in [4.69, 9.17) is 0 Å². The van der Waals surface area contributed by atoms with Gasteiger partial charge in [-0.05, 0) is 37.6 Å². The zero-order valence-electron chi connectivity index (χ0n) is 15.3. The van der Waals surface area contributed by atoms with Gasteiger partial charge in [-0.15, -0.1) is 12.4 Å². The summed E-state index contributed by atoms with van der Waals surface area (Å²) >= 11 is 0. The first-order valence-corrected chi connectivity index (χ1v) is 9.00. The molecule has 0 amide bonds. The number of carbonyl (C=O) groups is 1. The molecule has 1 heterocycles. The second kappa shape index (κ2) is 9.52. The quantitative estimate of drug-likeness (QED) is 0.322. The number of phenols is 2. The van der Waals surface area contributed by atoms with Crippen molar-refractivity contribution in [3.8, 4) is 11.5 Å². The van der Waals surface area contributed by atoms with E-state index in [9.17, 15) is 25.1 Å². The van der Waals surface area contributed by atoms with Crippen LogP contribution in [0.5, 0.6) is 11.5 Å². The van der Waals surface area contributed by atoms with Gasteiger partial charge in [-0.25, -0.2) is 0 Å². The van der Waals surface area contributed by atoms with Gasteiger partial charge in [0, 0.05) is 24.1 Å². The van der Waals surface area contributed by atoms with Crippen LogP contribution in [-0.2, 0) is 0 Å². The summed E-state index contributed by atoms with van der Waals surface area (Å²) < 4.78 is 0. The fraction of sp³-hybridized carbons (Fsp3) is 0.350. The molecule has 8 heteroatoms. The van der Waals surface area contributed by atoms with Crippen molar-refractivity contribution in [2.24, 2.45) is 0 Å². The standard InChI is InChI=1S/C20H22N2O5.ClH/c23-18(15-11-17(22(26)27)20(25)19(24)12-15)13-16(14-7-3-1-4-8-14)21-9-5-2-6-10-21;/h1,3-4,7-8,11-12,16,24-25H,2,5-6,9-10,13H2;1H. The predicted molar refractivity (Wildman–Crippen MR) is 107 cm³/mol. The van der Waals surface area contributed by atoms with E-state index in [1.54, 1.807) is 0 Å². The molecule has 0 aromatic heterocycles. The summed E-state index contributed by atoms with van der Waals surface area (Å²) in [5, 5.41) is 30.4. The van der Waals surface area contributed by atoms with Gasteiger partial charge in [0.15, 0.2) is 11.5 Å². The van der Waals surface area contributed by atoms with Crippen LogP contribution in [0.4, 0.5) is 5.69 Å². The number of hydrogen-bond acceptors (Lipinski definition) is 6. The molecule has 3 rings (SSSR count).